The van der Waals surface area contributed by atoms with E-state index in [9.17, 15) is 9.59 Å². The van der Waals surface area contributed by atoms with E-state index < -0.39 is 0 Å². The molecule has 1 atom stereocenters. The normalized spacial score (nSPS) is 21.5. The van der Waals surface area contributed by atoms with Gasteiger partial charge in [-0.2, -0.15) is 0 Å². The summed E-state index contributed by atoms with van der Waals surface area (Å²) in [7, 11) is 0. The van der Waals surface area contributed by atoms with E-state index in [0.717, 1.165) is 29.7 Å². The third kappa shape index (κ3) is 3.85. The lowest BCUT2D eigenvalue weighted by atomic mass is 9.79. The van der Waals surface area contributed by atoms with E-state index in [1.165, 1.54) is 16.2 Å². The number of imide groups is 1. The molecule has 2 aromatic rings. The Morgan fingerprint density at radius 1 is 1.16 bits per heavy atom. The van der Waals surface area contributed by atoms with Crippen molar-refractivity contribution in [2.45, 2.75) is 59.0 Å². The third-order valence-electron chi connectivity index (χ3n) is 6.54. The van der Waals surface area contributed by atoms with Gasteiger partial charge in [-0.1, -0.05) is 37.3 Å². The Hall–Kier alpha value is -3.08. The van der Waals surface area contributed by atoms with Crippen LogP contribution in [0, 0.1) is 6.92 Å². The summed E-state index contributed by atoms with van der Waals surface area (Å²) < 4.78 is 0. The van der Waals surface area contributed by atoms with Gasteiger partial charge in [0.25, 0.3) is 5.91 Å². The van der Waals surface area contributed by atoms with Crippen LogP contribution in [-0.2, 0) is 11.3 Å². The van der Waals surface area contributed by atoms with Gasteiger partial charge in [0.2, 0.25) is 0 Å². The Labute approximate surface area is 184 Å². The van der Waals surface area contributed by atoms with Crippen molar-refractivity contribution in [1.82, 2.24) is 10.2 Å². The van der Waals surface area contributed by atoms with Gasteiger partial charge in [-0.3, -0.25) is 9.69 Å². The monoisotopic (exact) mass is 417 g/mol. The minimum absolute atomic E-state index is 0.112. The molecule has 2 aromatic carbocycles. The molecule has 3 amide bonds. The number of rotatable bonds is 4. The van der Waals surface area contributed by atoms with Gasteiger partial charge in [0, 0.05) is 17.8 Å². The molecule has 5 heteroatoms. The summed E-state index contributed by atoms with van der Waals surface area (Å²) in [5.41, 5.74) is 6.02. The summed E-state index contributed by atoms with van der Waals surface area (Å²) in [6.07, 6.45) is 2.90. The first kappa shape index (κ1) is 21.2. The van der Waals surface area contributed by atoms with Gasteiger partial charge in [0.1, 0.15) is 5.70 Å². The van der Waals surface area contributed by atoms with E-state index >= 15 is 0 Å². The van der Waals surface area contributed by atoms with Crippen LogP contribution in [0.25, 0.3) is 6.08 Å². The average molecular weight is 418 g/mol. The fourth-order valence-corrected chi connectivity index (χ4v) is 5.04. The van der Waals surface area contributed by atoms with Crippen LogP contribution in [0.3, 0.4) is 0 Å². The number of nitrogens with one attached hydrogen (secondary N) is 1. The number of amides is 3. The predicted molar refractivity (Wildman–Crippen MR) is 125 cm³/mol. The van der Waals surface area contributed by atoms with Crippen molar-refractivity contribution in [3.8, 4) is 0 Å². The van der Waals surface area contributed by atoms with Crippen molar-refractivity contribution in [3.63, 3.8) is 0 Å². The summed E-state index contributed by atoms with van der Waals surface area (Å²) in [5, 5.41) is 2.76. The highest BCUT2D eigenvalue weighted by Crippen LogP contribution is 2.44. The molecule has 5 nitrogen and oxygen atoms in total. The van der Waals surface area contributed by atoms with Crippen LogP contribution < -0.4 is 10.2 Å². The first-order valence-electron chi connectivity index (χ1n) is 11.0. The number of hydrogen-bond donors (Lipinski definition) is 1. The molecule has 1 saturated heterocycles. The Kier molecular flexibility index (Phi) is 5.38. The third-order valence-corrected chi connectivity index (χ3v) is 6.54. The minimum Gasteiger partial charge on any atom is -0.366 e. The zero-order valence-corrected chi connectivity index (χ0v) is 19.0. The van der Waals surface area contributed by atoms with Crippen molar-refractivity contribution in [1.29, 1.82) is 0 Å². The Morgan fingerprint density at radius 3 is 2.55 bits per heavy atom. The van der Waals surface area contributed by atoms with Crippen LogP contribution >= 0.6 is 0 Å². The second kappa shape index (κ2) is 7.88. The van der Waals surface area contributed by atoms with Gasteiger partial charge in [0.05, 0.1) is 6.54 Å². The van der Waals surface area contributed by atoms with Crippen LogP contribution in [-0.4, -0.2) is 28.9 Å². The van der Waals surface area contributed by atoms with Crippen molar-refractivity contribution in [2.24, 2.45) is 0 Å². The molecule has 1 N–H and O–H groups in total. The SMILES string of the molecule is CCN1c2cc(C)c(/C=C3\NC(=O)N(Cc4ccccc4)C3=O)cc2C(C)CC1(C)C. The molecule has 2 aliphatic heterocycles. The Morgan fingerprint density at radius 2 is 1.87 bits per heavy atom. The molecule has 31 heavy (non-hydrogen) atoms. The highest BCUT2D eigenvalue weighted by Gasteiger charge is 2.36. The fourth-order valence-electron chi connectivity index (χ4n) is 5.04. The maximum atomic E-state index is 12.9. The topological polar surface area (TPSA) is 52.7 Å². The molecule has 1 unspecified atom stereocenters. The molecule has 0 aromatic heterocycles. The quantitative estimate of drug-likeness (QED) is 0.549. The number of carbonyl (C=O) groups excluding carboxylic acids is 2. The molecule has 2 heterocycles. The molecule has 4 rings (SSSR count). The summed E-state index contributed by atoms with van der Waals surface area (Å²) >= 11 is 0. The molecule has 2 aliphatic rings. The average Bonchev–Trinajstić information content (AvgIpc) is 2.97. The summed E-state index contributed by atoms with van der Waals surface area (Å²) in [4.78, 5) is 29.1. The Balaban J connectivity index is 1.66. The standard InChI is InChI=1S/C26H31N3O2/c1-6-29-23-12-17(2)20(13-21(23)18(3)15-26(29,4)5)14-22-24(30)28(25(31)27-22)16-19-10-8-7-9-11-19/h7-14,18H,6,15-16H2,1-5H3,(H,27,31)/b22-14-. The molecular weight excluding hydrogens is 386 g/mol. The van der Waals surface area contributed by atoms with Gasteiger partial charge in [-0.05, 0) is 80.5 Å². The number of fused-ring (bicyclic) bond motifs is 1. The van der Waals surface area contributed by atoms with E-state index in [4.69, 9.17) is 0 Å². The van der Waals surface area contributed by atoms with Gasteiger partial charge in [0.15, 0.2) is 0 Å². The van der Waals surface area contributed by atoms with Crippen molar-refractivity contribution in [3.05, 3.63) is 70.4 Å². The van der Waals surface area contributed by atoms with Crippen LogP contribution in [0.5, 0.6) is 0 Å². The number of carbonyl (C=O) groups is 2. The number of benzene rings is 2. The molecular formula is C26H31N3O2. The van der Waals surface area contributed by atoms with Crippen LogP contribution in [0.2, 0.25) is 0 Å². The highest BCUT2D eigenvalue weighted by atomic mass is 16.2. The number of hydrogen-bond acceptors (Lipinski definition) is 3. The van der Waals surface area contributed by atoms with Crippen LogP contribution in [0.1, 0.15) is 62.3 Å². The molecule has 0 saturated carbocycles. The molecule has 0 radical (unpaired) electrons. The predicted octanol–water partition coefficient (Wildman–Crippen LogP) is 5.20. The second-order valence-corrected chi connectivity index (χ2v) is 9.29. The molecule has 0 aliphatic carbocycles. The lowest BCUT2D eigenvalue weighted by Gasteiger charge is -2.47. The highest BCUT2D eigenvalue weighted by molar-refractivity contribution is 6.14. The fraction of sp³-hybridized carbons (Fsp3) is 0.385. The van der Waals surface area contributed by atoms with Crippen molar-refractivity contribution < 1.29 is 9.59 Å². The molecule has 1 fully saturated rings. The number of anilines is 1. The molecule has 0 spiro atoms. The van der Waals surface area contributed by atoms with E-state index in [1.54, 1.807) is 0 Å². The zero-order chi connectivity index (χ0) is 22.3. The summed E-state index contributed by atoms with van der Waals surface area (Å²) in [6, 6.07) is 13.6. The lowest BCUT2D eigenvalue weighted by Crippen LogP contribution is -2.48. The summed E-state index contributed by atoms with van der Waals surface area (Å²) in [6.45, 7) is 12.4. The second-order valence-electron chi connectivity index (χ2n) is 9.29. The number of aryl methyl sites for hydroxylation is 1. The van der Waals surface area contributed by atoms with Gasteiger partial charge >= 0.3 is 6.03 Å². The van der Waals surface area contributed by atoms with E-state index in [1.807, 2.05) is 36.4 Å². The zero-order valence-electron chi connectivity index (χ0n) is 19.0. The maximum absolute atomic E-state index is 12.9. The Bertz CT molecular complexity index is 1060. The van der Waals surface area contributed by atoms with Gasteiger partial charge in [-0.15, -0.1) is 0 Å². The largest absolute Gasteiger partial charge is 0.366 e. The van der Waals surface area contributed by atoms with Crippen molar-refractivity contribution in [2.75, 3.05) is 11.4 Å². The smallest absolute Gasteiger partial charge is 0.329 e. The number of urea groups is 1. The van der Waals surface area contributed by atoms with E-state index in [-0.39, 0.29) is 24.0 Å². The number of nitrogens with zero attached hydrogens (tertiary/aromatic N) is 2. The molecule has 162 valence electrons. The first-order chi connectivity index (χ1) is 14.7. The molecule has 0 bridgehead atoms. The maximum Gasteiger partial charge on any atom is 0.329 e. The van der Waals surface area contributed by atoms with Crippen LogP contribution in [0.4, 0.5) is 10.5 Å². The van der Waals surface area contributed by atoms with Crippen molar-refractivity contribution >= 4 is 23.7 Å². The minimum atomic E-state index is -0.372. The van der Waals surface area contributed by atoms with E-state index in [2.05, 4.69) is 57.0 Å². The van der Waals surface area contributed by atoms with Crippen LogP contribution in [0.15, 0.2) is 48.2 Å². The lowest BCUT2D eigenvalue weighted by molar-refractivity contribution is -0.123. The van der Waals surface area contributed by atoms with Gasteiger partial charge in [-0.25, -0.2) is 4.79 Å². The first-order valence-corrected chi connectivity index (χ1v) is 11.0. The van der Waals surface area contributed by atoms with E-state index in [0.29, 0.717) is 11.6 Å². The van der Waals surface area contributed by atoms with Gasteiger partial charge < -0.3 is 10.2 Å². The summed E-state index contributed by atoms with van der Waals surface area (Å²) in [5.74, 6) is 0.143.